The third-order valence-electron chi connectivity index (χ3n) is 4.64. The monoisotopic (exact) mass is 380 g/mol. The van der Waals surface area contributed by atoms with Gasteiger partial charge in [-0.2, -0.15) is 0 Å². The van der Waals surface area contributed by atoms with E-state index in [4.69, 9.17) is 18.6 Å². The van der Waals surface area contributed by atoms with E-state index >= 15 is 0 Å². The van der Waals surface area contributed by atoms with Gasteiger partial charge in [-0.25, -0.2) is 0 Å². The van der Waals surface area contributed by atoms with Crippen molar-refractivity contribution in [2.45, 2.75) is 26.2 Å². The van der Waals surface area contributed by atoms with Gasteiger partial charge < -0.3 is 18.6 Å². The lowest BCUT2D eigenvalue weighted by Crippen LogP contribution is -2.01. The first-order chi connectivity index (χ1) is 13.6. The van der Waals surface area contributed by atoms with E-state index in [1.54, 1.807) is 12.1 Å². The molecule has 0 amide bonds. The molecule has 3 aromatic rings. The Balaban J connectivity index is 1.52. The predicted octanol–water partition coefficient (Wildman–Crippen LogP) is 4.07. The molecule has 0 bridgehead atoms. The van der Waals surface area contributed by atoms with Gasteiger partial charge in [-0.05, 0) is 37.0 Å². The van der Waals surface area contributed by atoms with Crippen LogP contribution in [0.2, 0.25) is 0 Å². The van der Waals surface area contributed by atoms with Gasteiger partial charge in [0.05, 0.1) is 12.0 Å². The summed E-state index contributed by atoms with van der Waals surface area (Å²) in [6, 6.07) is 12.8. The van der Waals surface area contributed by atoms with E-state index in [0.717, 1.165) is 24.8 Å². The minimum Gasteiger partial charge on any atom is -0.466 e. The van der Waals surface area contributed by atoms with Crippen LogP contribution in [-0.4, -0.2) is 19.4 Å². The Morgan fingerprint density at radius 2 is 1.89 bits per heavy atom. The molecule has 0 saturated heterocycles. The van der Waals surface area contributed by atoms with Gasteiger partial charge in [0.2, 0.25) is 12.5 Å². The van der Waals surface area contributed by atoms with Gasteiger partial charge in [0.15, 0.2) is 16.8 Å². The van der Waals surface area contributed by atoms with E-state index in [9.17, 15) is 9.59 Å². The first-order valence-electron chi connectivity index (χ1n) is 9.21. The molecule has 0 spiro atoms. The molecule has 0 aliphatic carbocycles. The van der Waals surface area contributed by atoms with Crippen LogP contribution in [0.4, 0.5) is 0 Å². The Morgan fingerprint density at radius 1 is 1.07 bits per heavy atom. The molecule has 28 heavy (non-hydrogen) atoms. The normalized spacial score (nSPS) is 12.3. The Hall–Kier alpha value is -3.28. The lowest BCUT2D eigenvalue weighted by atomic mass is 10.0. The van der Waals surface area contributed by atoms with Crippen LogP contribution in [0.15, 0.2) is 51.7 Å². The van der Waals surface area contributed by atoms with Gasteiger partial charge in [-0.15, -0.1) is 0 Å². The third kappa shape index (κ3) is 3.71. The summed E-state index contributed by atoms with van der Waals surface area (Å²) in [6.07, 6.45) is 2.65. The highest BCUT2D eigenvalue weighted by atomic mass is 16.7. The zero-order valence-corrected chi connectivity index (χ0v) is 15.5. The first kappa shape index (κ1) is 18.1. The zero-order valence-electron chi connectivity index (χ0n) is 15.5. The molecule has 6 nitrogen and oxygen atoms in total. The van der Waals surface area contributed by atoms with Crippen molar-refractivity contribution in [1.82, 2.24) is 0 Å². The summed E-state index contributed by atoms with van der Waals surface area (Å²) < 4.78 is 21.8. The Morgan fingerprint density at radius 3 is 2.68 bits per heavy atom. The number of carbonyl (C=O) groups excluding carboxylic acids is 1. The van der Waals surface area contributed by atoms with Crippen LogP contribution in [0.1, 0.15) is 25.3 Å². The molecule has 0 fully saturated rings. The number of ether oxygens (including phenoxy) is 3. The summed E-state index contributed by atoms with van der Waals surface area (Å²) in [4.78, 5) is 23.2. The molecule has 0 unspecified atom stereocenters. The molecular weight excluding hydrogens is 360 g/mol. The maximum absolute atomic E-state index is 12.5. The Kier molecular flexibility index (Phi) is 5.02. The van der Waals surface area contributed by atoms with Gasteiger partial charge in [-0.3, -0.25) is 9.59 Å². The second kappa shape index (κ2) is 7.76. The fourth-order valence-corrected chi connectivity index (χ4v) is 3.20. The number of carbonyl (C=O) groups is 1. The van der Waals surface area contributed by atoms with Crippen molar-refractivity contribution in [3.05, 3.63) is 58.3 Å². The molecule has 144 valence electrons. The molecule has 1 aromatic heterocycles. The van der Waals surface area contributed by atoms with E-state index < -0.39 is 0 Å². The summed E-state index contributed by atoms with van der Waals surface area (Å²) in [5, 5.41) is 0.470. The predicted molar refractivity (Wildman–Crippen MR) is 104 cm³/mol. The number of unbranched alkanes of at least 4 members (excludes halogenated alkanes) is 1. The highest BCUT2D eigenvalue weighted by molar-refractivity contribution is 5.87. The van der Waals surface area contributed by atoms with E-state index in [1.807, 2.05) is 24.3 Å². The summed E-state index contributed by atoms with van der Waals surface area (Å²) in [6.45, 7) is 1.98. The van der Waals surface area contributed by atoms with Crippen molar-refractivity contribution in [2.24, 2.45) is 0 Å². The first-order valence-corrected chi connectivity index (χ1v) is 9.21. The summed E-state index contributed by atoms with van der Waals surface area (Å²) >= 11 is 0. The average molecular weight is 380 g/mol. The van der Waals surface area contributed by atoms with E-state index in [2.05, 4.69) is 0 Å². The van der Waals surface area contributed by atoms with Crippen molar-refractivity contribution in [1.29, 1.82) is 0 Å². The molecule has 0 saturated carbocycles. The van der Waals surface area contributed by atoms with Crippen molar-refractivity contribution in [2.75, 3.05) is 13.4 Å². The fraction of sp³-hybridized carbons (Fsp3) is 0.273. The molecule has 2 aromatic carbocycles. The zero-order chi connectivity index (χ0) is 19.5. The van der Waals surface area contributed by atoms with Crippen molar-refractivity contribution in [3.8, 4) is 22.8 Å². The minimum absolute atomic E-state index is 0.120. The number of esters is 1. The van der Waals surface area contributed by atoms with Crippen LogP contribution in [0, 0.1) is 0 Å². The van der Waals surface area contributed by atoms with Crippen LogP contribution < -0.4 is 14.9 Å². The fourth-order valence-electron chi connectivity index (χ4n) is 3.20. The minimum atomic E-state index is -0.246. The molecule has 2 heterocycles. The number of aryl methyl sites for hydroxylation is 1. The van der Waals surface area contributed by atoms with Crippen molar-refractivity contribution < 1.29 is 23.4 Å². The maximum Gasteiger partial charge on any atom is 0.302 e. The van der Waals surface area contributed by atoms with E-state index in [1.165, 1.54) is 18.6 Å². The quantitative estimate of drug-likeness (QED) is 0.474. The molecule has 0 atom stereocenters. The van der Waals surface area contributed by atoms with Gasteiger partial charge in [0.25, 0.3) is 0 Å². The lowest BCUT2D eigenvalue weighted by Gasteiger charge is -2.07. The number of fused-ring (bicyclic) bond motifs is 3. The van der Waals surface area contributed by atoms with Gasteiger partial charge in [0, 0.05) is 18.6 Å². The van der Waals surface area contributed by atoms with Crippen LogP contribution >= 0.6 is 0 Å². The number of benzene rings is 2. The van der Waals surface area contributed by atoms with Crippen LogP contribution in [0.5, 0.6) is 11.5 Å². The van der Waals surface area contributed by atoms with Crippen LogP contribution in [0.25, 0.3) is 22.3 Å². The lowest BCUT2D eigenvalue weighted by molar-refractivity contribution is -0.141. The van der Waals surface area contributed by atoms with Crippen LogP contribution in [0.3, 0.4) is 0 Å². The molecule has 1 aliphatic heterocycles. The summed E-state index contributed by atoms with van der Waals surface area (Å²) in [7, 11) is 0. The van der Waals surface area contributed by atoms with E-state index in [-0.39, 0.29) is 18.2 Å². The molecule has 6 heteroatoms. The standard InChI is InChI=1S/C22H20O6/c1-14(23)25-11-3-2-4-15-5-7-16(8-6-15)20-12-18(24)17-9-10-19-22(21(17)28-20)27-13-26-19/h5-10,12H,2-4,11,13H2,1H3. The second-order valence-corrected chi connectivity index (χ2v) is 6.65. The Bertz CT molecular complexity index is 1060. The molecule has 0 N–H and O–H groups in total. The molecule has 4 rings (SSSR count). The molecular formula is C22H20O6. The third-order valence-corrected chi connectivity index (χ3v) is 4.64. The average Bonchev–Trinajstić information content (AvgIpc) is 3.17. The van der Waals surface area contributed by atoms with Gasteiger partial charge in [0.1, 0.15) is 5.76 Å². The number of rotatable bonds is 6. The van der Waals surface area contributed by atoms with Crippen molar-refractivity contribution in [3.63, 3.8) is 0 Å². The van der Waals surface area contributed by atoms with Gasteiger partial charge in [-0.1, -0.05) is 24.3 Å². The largest absolute Gasteiger partial charge is 0.466 e. The summed E-state index contributed by atoms with van der Waals surface area (Å²) in [5.41, 5.74) is 2.28. The number of hydrogen-bond donors (Lipinski definition) is 0. The van der Waals surface area contributed by atoms with E-state index in [0.29, 0.717) is 34.8 Å². The smallest absolute Gasteiger partial charge is 0.302 e. The second-order valence-electron chi connectivity index (χ2n) is 6.65. The summed E-state index contributed by atoms with van der Waals surface area (Å²) in [5.74, 6) is 1.30. The molecule has 1 aliphatic rings. The van der Waals surface area contributed by atoms with Crippen LogP contribution in [-0.2, 0) is 16.0 Å². The van der Waals surface area contributed by atoms with Crippen molar-refractivity contribution >= 4 is 16.9 Å². The highest BCUT2D eigenvalue weighted by Gasteiger charge is 2.20. The maximum atomic E-state index is 12.5. The van der Waals surface area contributed by atoms with Gasteiger partial charge >= 0.3 is 5.97 Å². The topological polar surface area (TPSA) is 75.0 Å². The number of hydrogen-bond acceptors (Lipinski definition) is 6. The highest BCUT2D eigenvalue weighted by Crippen LogP contribution is 2.39. The Labute approximate surface area is 161 Å². The SMILES string of the molecule is CC(=O)OCCCCc1ccc(-c2cc(=O)c3ccc4c(c3o2)OCO4)cc1. The molecule has 0 radical (unpaired) electrons.